The van der Waals surface area contributed by atoms with Crippen LogP contribution in [-0.2, 0) is 6.42 Å². The molecule has 1 aromatic carbocycles. The monoisotopic (exact) mass is 282 g/mol. The number of benzene rings is 1. The first-order valence-corrected chi connectivity index (χ1v) is 9.60. The average Bonchev–Trinajstić information content (AvgIpc) is 2.45. The van der Waals surface area contributed by atoms with Crippen LogP contribution >= 0.6 is 15.9 Å². The zero-order valence-electron chi connectivity index (χ0n) is 9.30. The highest BCUT2D eigenvalue weighted by atomic mass is 79.9. The van der Waals surface area contributed by atoms with Crippen molar-refractivity contribution in [2.24, 2.45) is 0 Å². The lowest BCUT2D eigenvalue weighted by atomic mass is 10.1. The summed E-state index contributed by atoms with van der Waals surface area (Å²) in [5.74, 6) is 0.366. The summed E-state index contributed by atoms with van der Waals surface area (Å²) in [4.78, 5) is 12.2. The number of ketones is 1. The second kappa shape index (κ2) is 3.56. The number of rotatable bonds is 1. The summed E-state index contributed by atoms with van der Waals surface area (Å²) in [7, 11) is -1.38. The summed E-state index contributed by atoms with van der Waals surface area (Å²) in [5.41, 5.74) is 2.43. The molecule has 0 saturated carbocycles. The summed E-state index contributed by atoms with van der Waals surface area (Å²) in [6, 6.07) is 5.94. The van der Waals surface area contributed by atoms with Crippen molar-refractivity contribution in [3.8, 4) is 0 Å². The van der Waals surface area contributed by atoms with E-state index in [0.717, 1.165) is 16.5 Å². The van der Waals surface area contributed by atoms with Crippen LogP contribution in [0.3, 0.4) is 0 Å². The van der Waals surface area contributed by atoms with Crippen LogP contribution in [0.15, 0.2) is 22.7 Å². The molecule has 15 heavy (non-hydrogen) atoms. The lowest BCUT2D eigenvalue weighted by molar-refractivity contribution is 0.0992. The normalized spacial score (nSPS) is 20.5. The molecule has 0 aliphatic heterocycles. The molecule has 1 nitrogen and oxygen atoms in total. The van der Waals surface area contributed by atoms with E-state index in [0.29, 0.717) is 5.78 Å². The van der Waals surface area contributed by atoms with Crippen molar-refractivity contribution in [1.82, 2.24) is 0 Å². The zero-order chi connectivity index (χ0) is 11.2. The third kappa shape index (κ3) is 1.83. The van der Waals surface area contributed by atoms with Crippen molar-refractivity contribution in [2.75, 3.05) is 0 Å². The maximum atomic E-state index is 12.2. The second-order valence-electron chi connectivity index (χ2n) is 5.25. The van der Waals surface area contributed by atoms with Gasteiger partial charge in [0.15, 0.2) is 5.78 Å². The Kier molecular flexibility index (Phi) is 2.63. The first-order valence-electron chi connectivity index (χ1n) is 5.23. The van der Waals surface area contributed by atoms with Crippen LogP contribution in [0.2, 0.25) is 25.2 Å². The third-order valence-electron chi connectivity index (χ3n) is 3.15. The van der Waals surface area contributed by atoms with Crippen LogP contribution < -0.4 is 0 Å². The standard InChI is InChI=1S/C12H15BrOSi/c1-15(2,3)11-7-9-8(12(11)14)5-4-6-10(9)13/h4-6,11H,7H2,1-3H3. The van der Waals surface area contributed by atoms with Crippen molar-refractivity contribution in [3.63, 3.8) is 0 Å². The summed E-state index contributed by atoms with van der Waals surface area (Å²) < 4.78 is 1.09. The van der Waals surface area contributed by atoms with Crippen LogP contribution in [0.4, 0.5) is 0 Å². The Morgan fingerprint density at radius 3 is 2.53 bits per heavy atom. The minimum atomic E-state index is -1.38. The van der Waals surface area contributed by atoms with Gasteiger partial charge in [-0.25, -0.2) is 0 Å². The molecule has 1 unspecified atom stereocenters. The van der Waals surface area contributed by atoms with Crippen molar-refractivity contribution in [1.29, 1.82) is 0 Å². The van der Waals surface area contributed by atoms with Gasteiger partial charge >= 0.3 is 0 Å². The van der Waals surface area contributed by atoms with Gasteiger partial charge in [-0.1, -0.05) is 47.7 Å². The smallest absolute Gasteiger partial charge is 0.163 e. The van der Waals surface area contributed by atoms with Crippen molar-refractivity contribution >= 4 is 29.8 Å². The Hall–Kier alpha value is -0.413. The van der Waals surface area contributed by atoms with Gasteiger partial charge in [0.1, 0.15) is 0 Å². The summed E-state index contributed by atoms with van der Waals surface area (Å²) >= 11 is 3.53. The van der Waals surface area contributed by atoms with E-state index in [1.54, 1.807) is 0 Å². The summed E-state index contributed by atoms with van der Waals surface area (Å²) in [6.45, 7) is 6.82. The van der Waals surface area contributed by atoms with Crippen molar-refractivity contribution in [2.45, 2.75) is 31.6 Å². The fourth-order valence-corrected chi connectivity index (χ4v) is 4.47. The molecule has 1 aliphatic carbocycles. The Balaban J connectivity index is 2.46. The summed E-state index contributed by atoms with van der Waals surface area (Å²) in [5, 5.41) is 0. The third-order valence-corrected chi connectivity index (χ3v) is 6.45. The molecule has 80 valence electrons. The van der Waals surface area contributed by atoms with Crippen LogP contribution in [0.5, 0.6) is 0 Å². The summed E-state index contributed by atoms with van der Waals surface area (Å²) in [6.07, 6.45) is 0.936. The number of hydrogen-bond donors (Lipinski definition) is 0. The highest BCUT2D eigenvalue weighted by molar-refractivity contribution is 9.10. The Morgan fingerprint density at radius 1 is 1.33 bits per heavy atom. The van der Waals surface area contributed by atoms with Gasteiger partial charge in [0.25, 0.3) is 0 Å². The van der Waals surface area contributed by atoms with Gasteiger partial charge in [0.05, 0.1) is 8.07 Å². The van der Waals surface area contributed by atoms with Gasteiger partial charge in [-0.2, -0.15) is 0 Å². The van der Waals surface area contributed by atoms with Crippen LogP contribution in [0.25, 0.3) is 0 Å². The number of hydrogen-bond acceptors (Lipinski definition) is 1. The predicted octanol–water partition coefficient (Wildman–Crippen LogP) is 3.90. The van der Waals surface area contributed by atoms with Gasteiger partial charge in [-0.05, 0) is 18.1 Å². The molecule has 0 amide bonds. The van der Waals surface area contributed by atoms with E-state index in [2.05, 4.69) is 35.6 Å². The number of Topliss-reactive ketones (excluding diaryl/α,β-unsaturated/α-hetero) is 1. The molecule has 0 fully saturated rings. The van der Waals surface area contributed by atoms with E-state index >= 15 is 0 Å². The largest absolute Gasteiger partial charge is 0.294 e. The molecule has 1 aromatic rings. The fraction of sp³-hybridized carbons (Fsp3) is 0.417. The molecule has 0 saturated heterocycles. The number of fused-ring (bicyclic) bond motifs is 1. The van der Waals surface area contributed by atoms with Crippen molar-refractivity contribution < 1.29 is 4.79 Å². The fourth-order valence-electron chi connectivity index (χ4n) is 2.18. The topological polar surface area (TPSA) is 17.1 Å². The van der Waals surface area contributed by atoms with Gasteiger partial charge < -0.3 is 0 Å². The van der Waals surface area contributed by atoms with E-state index in [1.807, 2.05) is 18.2 Å². The first kappa shape index (κ1) is 11.1. The maximum Gasteiger partial charge on any atom is 0.163 e. The molecule has 0 aromatic heterocycles. The van der Waals surface area contributed by atoms with Crippen molar-refractivity contribution in [3.05, 3.63) is 33.8 Å². The van der Waals surface area contributed by atoms with E-state index in [4.69, 9.17) is 0 Å². The van der Waals surface area contributed by atoms with Crippen LogP contribution in [0.1, 0.15) is 15.9 Å². The number of halogens is 1. The van der Waals surface area contributed by atoms with E-state index in [1.165, 1.54) is 5.56 Å². The minimum absolute atomic E-state index is 0.270. The Labute approximate surface area is 100 Å². The van der Waals surface area contributed by atoms with E-state index in [-0.39, 0.29) is 5.54 Å². The quantitative estimate of drug-likeness (QED) is 0.714. The zero-order valence-corrected chi connectivity index (χ0v) is 11.9. The molecule has 0 heterocycles. The number of carbonyl (C=O) groups is 1. The second-order valence-corrected chi connectivity index (χ2v) is 11.5. The van der Waals surface area contributed by atoms with Gasteiger partial charge in [-0.3, -0.25) is 4.79 Å². The molecule has 0 bridgehead atoms. The molecule has 0 spiro atoms. The average molecular weight is 283 g/mol. The first-order chi connectivity index (χ1) is 6.91. The molecule has 1 atom stereocenters. The van der Waals surface area contributed by atoms with Gasteiger partial charge in [0, 0.05) is 15.6 Å². The van der Waals surface area contributed by atoms with E-state index < -0.39 is 8.07 Å². The molecule has 0 N–H and O–H groups in total. The Morgan fingerprint density at radius 2 is 2.00 bits per heavy atom. The number of carbonyl (C=O) groups excluding carboxylic acids is 1. The maximum absolute atomic E-state index is 12.2. The van der Waals surface area contributed by atoms with Crippen LogP contribution in [0, 0.1) is 0 Å². The van der Waals surface area contributed by atoms with Gasteiger partial charge in [0.2, 0.25) is 0 Å². The lowest BCUT2D eigenvalue weighted by Crippen LogP contribution is -2.31. The molecular weight excluding hydrogens is 268 g/mol. The highest BCUT2D eigenvalue weighted by Crippen LogP contribution is 2.40. The van der Waals surface area contributed by atoms with Gasteiger partial charge in [-0.15, -0.1) is 0 Å². The highest BCUT2D eigenvalue weighted by Gasteiger charge is 2.39. The predicted molar refractivity (Wildman–Crippen MR) is 69.3 cm³/mol. The van der Waals surface area contributed by atoms with E-state index in [9.17, 15) is 4.79 Å². The lowest BCUT2D eigenvalue weighted by Gasteiger charge is -2.22. The Bertz CT molecular complexity index is 420. The van der Waals surface area contributed by atoms with Crippen LogP contribution in [-0.4, -0.2) is 13.9 Å². The molecular formula is C12H15BrOSi. The molecule has 1 aliphatic rings. The minimum Gasteiger partial charge on any atom is -0.294 e. The molecule has 3 heteroatoms. The molecule has 2 rings (SSSR count). The molecule has 0 radical (unpaired) electrons. The SMILES string of the molecule is C[Si](C)(C)C1Cc2c(Br)cccc2C1=O.